The second-order valence-electron chi connectivity index (χ2n) is 7.99. The van der Waals surface area contributed by atoms with Gasteiger partial charge in [-0.15, -0.1) is 10.2 Å². The van der Waals surface area contributed by atoms with E-state index in [0.717, 1.165) is 30.2 Å². The maximum atomic E-state index is 12.8. The maximum absolute atomic E-state index is 12.8. The van der Waals surface area contributed by atoms with Crippen molar-refractivity contribution in [3.8, 4) is 11.5 Å². The molecule has 0 aliphatic carbocycles. The van der Waals surface area contributed by atoms with Gasteiger partial charge in [-0.05, 0) is 36.6 Å². The number of aromatic nitrogens is 2. The second kappa shape index (κ2) is 12.8. The molecule has 0 saturated heterocycles. The predicted octanol–water partition coefficient (Wildman–Crippen LogP) is 3.81. The molecule has 1 aromatic heterocycles. The molecule has 1 heterocycles. The normalized spacial score (nSPS) is 11.6. The van der Waals surface area contributed by atoms with Crippen LogP contribution in [-0.2, 0) is 21.2 Å². The van der Waals surface area contributed by atoms with Crippen molar-refractivity contribution < 1.29 is 22.4 Å². The molecule has 1 N–H and O–H groups in total. The van der Waals surface area contributed by atoms with Crippen molar-refractivity contribution in [3.05, 3.63) is 59.7 Å². The van der Waals surface area contributed by atoms with Gasteiger partial charge in [-0.2, -0.15) is 4.31 Å². The molecule has 3 aromatic rings. The van der Waals surface area contributed by atoms with Crippen LogP contribution >= 0.6 is 11.8 Å². The van der Waals surface area contributed by atoms with Crippen LogP contribution in [0.25, 0.3) is 11.5 Å². The van der Waals surface area contributed by atoms with Crippen molar-refractivity contribution in [2.24, 2.45) is 0 Å². The van der Waals surface area contributed by atoms with Crippen molar-refractivity contribution in [3.63, 3.8) is 0 Å². The van der Waals surface area contributed by atoms with E-state index in [1.807, 2.05) is 12.1 Å². The number of ketones is 1. The summed E-state index contributed by atoms with van der Waals surface area (Å²) in [5.74, 6) is 0.195. The lowest BCUT2D eigenvalue weighted by Crippen LogP contribution is -2.30. The predicted molar refractivity (Wildman–Crippen MR) is 138 cm³/mol. The Morgan fingerprint density at radius 1 is 1.06 bits per heavy atom. The molecule has 0 aliphatic rings. The first-order valence-electron chi connectivity index (χ1n) is 11.7. The molecule has 1 amide bonds. The molecule has 192 valence electrons. The number of sulfonamides is 1. The Morgan fingerprint density at radius 3 is 2.44 bits per heavy atom. The summed E-state index contributed by atoms with van der Waals surface area (Å²) in [5.41, 5.74) is 2.17. The highest BCUT2D eigenvalue weighted by Crippen LogP contribution is 2.26. The fourth-order valence-electron chi connectivity index (χ4n) is 3.51. The van der Waals surface area contributed by atoms with Crippen molar-refractivity contribution in [1.29, 1.82) is 0 Å². The van der Waals surface area contributed by atoms with Crippen LogP contribution in [0.1, 0.15) is 43.1 Å². The highest BCUT2D eigenvalue weighted by molar-refractivity contribution is 7.99. The summed E-state index contributed by atoms with van der Waals surface area (Å²) in [6, 6.07) is 13.8. The highest BCUT2D eigenvalue weighted by atomic mass is 32.2. The summed E-state index contributed by atoms with van der Waals surface area (Å²) in [6.07, 6.45) is 1.64. The zero-order chi connectivity index (χ0) is 26.1. The Morgan fingerprint density at radius 2 is 1.78 bits per heavy atom. The lowest BCUT2D eigenvalue weighted by atomic mass is 10.1. The van der Waals surface area contributed by atoms with Gasteiger partial charge in [-0.1, -0.05) is 55.9 Å². The zero-order valence-corrected chi connectivity index (χ0v) is 22.2. The first kappa shape index (κ1) is 27.6. The monoisotopic (exact) mass is 530 g/mol. The number of Topliss-reactive ketones (excluding diaryl/α,β-unsaturated/α-hetero) is 1. The highest BCUT2D eigenvalue weighted by Gasteiger charge is 2.22. The number of benzene rings is 2. The van der Waals surface area contributed by atoms with Gasteiger partial charge in [0.1, 0.15) is 0 Å². The van der Waals surface area contributed by atoms with Crippen molar-refractivity contribution in [1.82, 2.24) is 19.8 Å². The van der Waals surface area contributed by atoms with Crippen LogP contribution in [0.3, 0.4) is 0 Å². The molecule has 9 nitrogen and oxygen atoms in total. The molecule has 36 heavy (non-hydrogen) atoms. The largest absolute Gasteiger partial charge is 0.411 e. The number of hydrogen-bond donors (Lipinski definition) is 1. The van der Waals surface area contributed by atoms with Crippen LogP contribution in [0, 0.1) is 0 Å². The molecule has 0 radical (unpaired) electrons. The van der Waals surface area contributed by atoms with E-state index in [0.29, 0.717) is 30.8 Å². The van der Waals surface area contributed by atoms with Gasteiger partial charge in [-0.25, -0.2) is 8.42 Å². The maximum Gasteiger partial charge on any atom is 0.277 e. The fraction of sp³-hybridized carbons (Fsp3) is 0.360. The number of nitrogens with one attached hydrogen (secondary N) is 1. The number of thioether (sulfide) groups is 1. The second-order valence-corrected chi connectivity index (χ2v) is 10.9. The molecule has 0 bridgehead atoms. The average Bonchev–Trinajstić information content (AvgIpc) is 3.35. The van der Waals surface area contributed by atoms with Crippen molar-refractivity contribution in [2.45, 2.75) is 43.7 Å². The summed E-state index contributed by atoms with van der Waals surface area (Å²) in [7, 11) is -3.61. The lowest BCUT2D eigenvalue weighted by molar-refractivity contribution is -0.118. The quantitative estimate of drug-likeness (QED) is 0.201. The number of rotatable bonds is 13. The SMILES string of the molecule is CCN(CC)S(=O)(=O)c1cccc(-c2nnc(SCC(=O)c3ccc(CCCNC(C)=O)cc3)o2)c1. The van der Waals surface area contributed by atoms with Crippen LogP contribution < -0.4 is 5.32 Å². The number of nitrogens with zero attached hydrogens (tertiary/aromatic N) is 3. The third-order valence-corrected chi connectivity index (χ3v) is 8.31. The zero-order valence-electron chi connectivity index (χ0n) is 20.6. The van der Waals surface area contributed by atoms with Crippen LogP contribution in [0.5, 0.6) is 0 Å². The minimum Gasteiger partial charge on any atom is -0.411 e. The van der Waals surface area contributed by atoms with Gasteiger partial charge in [0.2, 0.25) is 21.8 Å². The Kier molecular flexibility index (Phi) is 9.80. The number of amides is 1. The van der Waals surface area contributed by atoms with Gasteiger partial charge in [0.15, 0.2) is 5.78 Å². The molecule has 2 aromatic carbocycles. The van der Waals surface area contributed by atoms with Gasteiger partial charge in [0.25, 0.3) is 5.22 Å². The lowest BCUT2D eigenvalue weighted by Gasteiger charge is -2.18. The van der Waals surface area contributed by atoms with E-state index >= 15 is 0 Å². The van der Waals surface area contributed by atoms with Crippen LogP contribution in [-0.4, -0.2) is 60.0 Å². The van der Waals surface area contributed by atoms with Gasteiger partial charge in [0.05, 0.1) is 10.6 Å². The third-order valence-electron chi connectivity index (χ3n) is 5.45. The topological polar surface area (TPSA) is 122 Å². The average molecular weight is 531 g/mol. The fourth-order valence-corrected chi connectivity index (χ4v) is 5.67. The molecule has 0 aliphatic heterocycles. The smallest absolute Gasteiger partial charge is 0.277 e. The summed E-state index contributed by atoms with van der Waals surface area (Å²) in [4.78, 5) is 23.7. The third kappa shape index (κ3) is 7.25. The first-order valence-corrected chi connectivity index (χ1v) is 14.1. The minimum absolute atomic E-state index is 0.0430. The molecule has 0 fully saturated rings. The van der Waals surface area contributed by atoms with E-state index in [9.17, 15) is 18.0 Å². The van der Waals surface area contributed by atoms with Gasteiger partial charge in [-0.3, -0.25) is 9.59 Å². The standard InChI is InChI=1S/C25H30N4O5S2/c1-4-29(5-2)36(32,33)22-10-6-9-21(16-22)24-27-28-25(34-24)35-17-23(31)20-13-11-19(12-14-20)8-7-15-26-18(3)30/h6,9-14,16H,4-5,7-8,15,17H2,1-3H3,(H,26,30). The van der Waals surface area contributed by atoms with E-state index in [1.165, 1.54) is 23.4 Å². The minimum atomic E-state index is -3.61. The van der Waals surface area contributed by atoms with E-state index in [1.54, 1.807) is 38.1 Å². The van der Waals surface area contributed by atoms with Gasteiger partial charge in [0, 0.05) is 37.7 Å². The molecule has 0 unspecified atom stereocenters. The molecule has 0 saturated carbocycles. The Bertz CT molecular complexity index is 1290. The number of aryl methyl sites for hydroxylation is 1. The van der Waals surface area contributed by atoms with E-state index in [2.05, 4.69) is 15.5 Å². The van der Waals surface area contributed by atoms with E-state index in [-0.39, 0.29) is 33.5 Å². The summed E-state index contributed by atoms with van der Waals surface area (Å²) in [5, 5.41) is 11.0. The Balaban J connectivity index is 1.59. The van der Waals surface area contributed by atoms with Gasteiger partial charge >= 0.3 is 0 Å². The Hall–Kier alpha value is -3.02. The van der Waals surface area contributed by atoms with E-state index in [4.69, 9.17) is 4.42 Å². The summed E-state index contributed by atoms with van der Waals surface area (Å²) < 4.78 is 32.7. The Labute approximate surface area is 215 Å². The number of carbonyl (C=O) groups excluding carboxylic acids is 2. The van der Waals surface area contributed by atoms with Crippen molar-refractivity contribution in [2.75, 3.05) is 25.4 Å². The summed E-state index contributed by atoms with van der Waals surface area (Å²) in [6.45, 7) is 6.44. The van der Waals surface area contributed by atoms with Crippen molar-refractivity contribution >= 4 is 33.5 Å². The first-order chi connectivity index (χ1) is 17.2. The summed E-state index contributed by atoms with van der Waals surface area (Å²) >= 11 is 1.13. The molecular weight excluding hydrogens is 500 g/mol. The molecule has 11 heteroatoms. The van der Waals surface area contributed by atoms with Crippen LogP contribution in [0.4, 0.5) is 0 Å². The van der Waals surface area contributed by atoms with Crippen LogP contribution in [0.2, 0.25) is 0 Å². The van der Waals surface area contributed by atoms with Crippen LogP contribution in [0.15, 0.2) is 63.1 Å². The molecule has 0 spiro atoms. The number of hydrogen-bond acceptors (Lipinski definition) is 8. The van der Waals surface area contributed by atoms with E-state index < -0.39 is 10.0 Å². The van der Waals surface area contributed by atoms with Gasteiger partial charge < -0.3 is 9.73 Å². The molecule has 0 atom stereocenters. The molecular formula is C25H30N4O5S2. The molecule has 3 rings (SSSR count). The number of carbonyl (C=O) groups is 2.